The molecule has 1 aromatic rings. The van der Waals surface area contributed by atoms with E-state index >= 15 is 0 Å². The Bertz CT molecular complexity index is 740. The molecule has 0 spiro atoms. The fourth-order valence-electron chi connectivity index (χ4n) is 2.36. The van der Waals surface area contributed by atoms with Crippen LogP contribution in [0, 0.1) is 0 Å². The molecular weight excluding hydrogens is 336 g/mol. The highest BCUT2D eigenvalue weighted by molar-refractivity contribution is 7.80. The first kappa shape index (κ1) is 15.7. The largest absolute Gasteiger partial charge is 0.501 e. The van der Waals surface area contributed by atoms with Gasteiger partial charge in [-0.1, -0.05) is 11.6 Å². The zero-order chi connectivity index (χ0) is 16.4. The van der Waals surface area contributed by atoms with Crippen molar-refractivity contribution in [2.75, 3.05) is 11.5 Å². The van der Waals surface area contributed by atoms with Gasteiger partial charge in [-0.25, -0.2) is 0 Å². The molecular formula is C16H13ClN2O3S. The van der Waals surface area contributed by atoms with Crippen LogP contribution in [0.25, 0.3) is 0 Å². The van der Waals surface area contributed by atoms with Crippen molar-refractivity contribution < 1.29 is 14.3 Å². The van der Waals surface area contributed by atoms with Crippen LogP contribution < -0.4 is 10.2 Å². The third kappa shape index (κ3) is 3.28. The highest BCUT2D eigenvalue weighted by Crippen LogP contribution is 2.24. The third-order valence-electron chi connectivity index (χ3n) is 3.48. The Morgan fingerprint density at radius 1 is 1.26 bits per heavy atom. The summed E-state index contributed by atoms with van der Waals surface area (Å²) in [4.78, 5) is 26.1. The number of hydrogen-bond donors (Lipinski definition) is 1. The van der Waals surface area contributed by atoms with Gasteiger partial charge < -0.3 is 4.74 Å². The fraction of sp³-hybridized carbons (Fsp3) is 0.188. The van der Waals surface area contributed by atoms with E-state index in [1.807, 2.05) is 0 Å². The molecule has 5 nitrogen and oxygen atoms in total. The van der Waals surface area contributed by atoms with Crippen LogP contribution in [0.4, 0.5) is 5.69 Å². The number of hydrogen-bond acceptors (Lipinski definition) is 4. The molecule has 2 amide bonds. The summed E-state index contributed by atoms with van der Waals surface area (Å²) >= 11 is 11.0. The average Bonchev–Trinajstić information content (AvgIpc) is 2.54. The molecule has 2 aliphatic rings. The maximum absolute atomic E-state index is 12.7. The molecule has 0 aromatic heterocycles. The SMILES string of the molecule is O=C1NC(=S)N(c2ccc(Cl)cc2)C(=O)/C1=C\C1=COCCC1. The predicted octanol–water partition coefficient (Wildman–Crippen LogP) is 2.71. The second-order valence-corrected chi connectivity index (χ2v) is 5.92. The van der Waals surface area contributed by atoms with Gasteiger partial charge in [0.2, 0.25) is 0 Å². The number of carbonyl (C=O) groups excluding carboxylic acids is 2. The molecule has 0 bridgehead atoms. The number of nitrogens with zero attached hydrogens (tertiary/aromatic N) is 1. The smallest absolute Gasteiger partial charge is 0.270 e. The summed E-state index contributed by atoms with van der Waals surface area (Å²) < 4.78 is 5.24. The van der Waals surface area contributed by atoms with E-state index in [0.29, 0.717) is 17.3 Å². The second-order valence-electron chi connectivity index (χ2n) is 5.10. The van der Waals surface area contributed by atoms with Crippen LogP contribution in [0.3, 0.4) is 0 Å². The molecule has 23 heavy (non-hydrogen) atoms. The number of halogens is 1. The maximum atomic E-state index is 12.7. The minimum atomic E-state index is -0.503. The minimum Gasteiger partial charge on any atom is -0.501 e. The topological polar surface area (TPSA) is 58.6 Å². The van der Waals surface area contributed by atoms with Crippen LogP contribution in [0.2, 0.25) is 5.02 Å². The summed E-state index contributed by atoms with van der Waals surface area (Å²) in [6.45, 7) is 0.647. The van der Waals surface area contributed by atoms with Crippen molar-refractivity contribution >= 4 is 46.4 Å². The van der Waals surface area contributed by atoms with Crippen LogP contribution in [0.15, 0.2) is 47.7 Å². The Labute approximate surface area is 143 Å². The lowest BCUT2D eigenvalue weighted by molar-refractivity contribution is -0.122. The summed E-state index contributed by atoms with van der Waals surface area (Å²) in [5.74, 6) is -0.968. The first-order valence-corrected chi connectivity index (χ1v) is 7.82. The second kappa shape index (κ2) is 6.52. The number of anilines is 1. The van der Waals surface area contributed by atoms with Gasteiger partial charge in [-0.2, -0.15) is 0 Å². The zero-order valence-corrected chi connectivity index (χ0v) is 13.6. The number of carbonyl (C=O) groups is 2. The summed E-state index contributed by atoms with van der Waals surface area (Å²) in [6, 6.07) is 6.66. The average molecular weight is 349 g/mol. The Balaban J connectivity index is 1.95. The number of nitrogens with one attached hydrogen (secondary N) is 1. The Hall–Kier alpha value is -2.18. The Morgan fingerprint density at radius 2 is 2.00 bits per heavy atom. The van der Waals surface area contributed by atoms with E-state index in [1.165, 1.54) is 4.90 Å². The monoisotopic (exact) mass is 348 g/mol. The first-order chi connectivity index (χ1) is 11.1. The third-order valence-corrected chi connectivity index (χ3v) is 4.02. The van der Waals surface area contributed by atoms with Crippen molar-refractivity contribution in [3.8, 4) is 0 Å². The van der Waals surface area contributed by atoms with Gasteiger partial charge in [0.05, 0.1) is 18.6 Å². The zero-order valence-electron chi connectivity index (χ0n) is 12.0. The van der Waals surface area contributed by atoms with Crippen molar-refractivity contribution in [2.45, 2.75) is 12.8 Å². The number of amides is 2. The Kier molecular flexibility index (Phi) is 4.45. The summed E-state index contributed by atoms with van der Waals surface area (Å²) in [7, 11) is 0. The van der Waals surface area contributed by atoms with E-state index in [-0.39, 0.29) is 10.7 Å². The Morgan fingerprint density at radius 3 is 2.65 bits per heavy atom. The van der Waals surface area contributed by atoms with Crippen molar-refractivity contribution in [3.05, 3.63) is 52.8 Å². The van der Waals surface area contributed by atoms with E-state index in [0.717, 1.165) is 18.4 Å². The summed E-state index contributed by atoms with van der Waals surface area (Å²) in [5, 5.41) is 3.14. The molecule has 3 rings (SSSR count). The number of allylic oxidation sites excluding steroid dienone is 2. The summed E-state index contributed by atoms with van der Waals surface area (Å²) in [5.41, 5.74) is 1.38. The molecule has 0 atom stereocenters. The van der Waals surface area contributed by atoms with E-state index in [2.05, 4.69) is 5.32 Å². The lowest BCUT2D eigenvalue weighted by Crippen LogP contribution is -2.54. The minimum absolute atomic E-state index is 0.0327. The molecule has 7 heteroatoms. The predicted molar refractivity (Wildman–Crippen MR) is 91.0 cm³/mol. The van der Waals surface area contributed by atoms with Crippen molar-refractivity contribution in [1.29, 1.82) is 0 Å². The van der Waals surface area contributed by atoms with Gasteiger partial charge >= 0.3 is 0 Å². The van der Waals surface area contributed by atoms with Crippen LogP contribution in [-0.4, -0.2) is 23.5 Å². The van der Waals surface area contributed by atoms with Gasteiger partial charge in [0.1, 0.15) is 5.57 Å². The van der Waals surface area contributed by atoms with Crippen LogP contribution in [0.1, 0.15) is 12.8 Å². The molecule has 1 saturated heterocycles. The highest BCUT2D eigenvalue weighted by Gasteiger charge is 2.34. The molecule has 1 N–H and O–H groups in total. The quantitative estimate of drug-likeness (QED) is 0.507. The van der Waals surface area contributed by atoms with Gasteiger partial charge in [0, 0.05) is 5.02 Å². The maximum Gasteiger partial charge on any atom is 0.270 e. The lowest BCUT2D eigenvalue weighted by Gasteiger charge is -2.29. The van der Waals surface area contributed by atoms with Crippen molar-refractivity contribution in [2.24, 2.45) is 0 Å². The van der Waals surface area contributed by atoms with Crippen molar-refractivity contribution in [3.63, 3.8) is 0 Å². The number of thiocarbonyl (C=S) groups is 1. The van der Waals surface area contributed by atoms with E-state index in [1.54, 1.807) is 36.6 Å². The molecule has 2 aliphatic heterocycles. The summed E-state index contributed by atoms with van der Waals surface area (Å²) in [6.07, 6.45) is 4.75. The molecule has 0 saturated carbocycles. The van der Waals surface area contributed by atoms with Crippen LogP contribution in [-0.2, 0) is 14.3 Å². The van der Waals surface area contributed by atoms with Gasteiger partial charge in [0.25, 0.3) is 11.8 Å². The van der Waals surface area contributed by atoms with E-state index in [9.17, 15) is 9.59 Å². The first-order valence-electron chi connectivity index (χ1n) is 7.04. The number of rotatable bonds is 2. The van der Waals surface area contributed by atoms with Crippen LogP contribution in [0.5, 0.6) is 0 Å². The lowest BCUT2D eigenvalue weighted by atomic mass is 10.0. The molecule has 0 unspecified atom stereocenters. The highest BCUT2D eigenvalue weighted by atomic mass is 35.5. The fourth-order valence-corrected chi connectivity index (χ4v) is 2.77. The van der Waals surface area contributed by atoms with Gasteiger partial charge in [0.15, 0.2) is 5.11 Å². The van der Waals surface area contributed by atoms with Gasteiger partial charge in [-0.3, -0.25) is 19.8 Å². The van der Waals surface area contributed by atoms with E-state index < -0.39 is 11.8 Å². The molecule has 1 aromatic carbocycles. The van der Waals surface area contributed by atoms with Gasteiger partial charge in [-0.15, -0.1) is 0 Å². The number of benzene rings is 1. The molecule has 0 radical (unpaired) electrons. The normalized spacial score (nSPS) is 20.2. The van der Waals surface area contributed by atoms with Gasteiger partial charge in [-0.05, 0) is 61.0 Å². The van der Waals surface area contributed by atoms with Crippen molar-refractivity contribution in [1.82, 2.24) is 5.32 Å². The van der Waals surface area contributed by atoms with E-state index in [4.69, 9.17) is 28.6 Å². The molecule has 2 heterocycles. The standard InChI is InChI=1S/C16H13ClN2O3S/c17-11-3-5-12(6-4-11)19-15(21)13(14(20)18-16(19)23)8-10-2-1-7-22-9-10/h3-6,8-9H,1-2,7H2,(H,18,20,23)/b13-8-. The number of ether oxygens (including phenoxy) is 1. The molecule has 1 fully saturated rings. The van der Waals surface area contributed by atoms with Crippen LogP contribution >= 0.6 is 23.8 Å². The molecule has 118 valence electrons. The molecule has 0 aliphatic carbocycles.